The van der Waals surface area contributed by atoms with E-state index in [-0.39, 0.29) is 25.0 Å². The molecule has 0 unspecified atom stereocenters. The molecule has 0 N–H and O–H groups in total. The van der Waals surface area contributed by atoms with E-state index in [0.29, 0.717) is 10.7 Å². The number of imide groups is 1. The molecule has 0 spiro atoms. The first-order valence-corrected chi connectivity index (χ1v) is 6.82. The van der Waals surface area contributed by atoms with Gasteiger partial charge in [-0.25, -0.2) is 4.90 Å². The van der Waals surface area contributed by atoms with Crippen molar-refractivity contribution in [1.82, 2.24) is 0 Å². The van der Waals surface area contributed by atoms with Crippen molar-refractivity contribution in [2.45, 2.75) is 0 Å². The number of ether oxygens (including phenoxy) is 1. The quantitative estimate of drug-likeness (QED) is 0.801. The topological polar surface area (TPSA) is 46.6 Å². The molecule has 4 nitrogen and oxygen atoms in total. The molecule has 1 aliphatic heterocycles. The van der Waals surface area contributed by atoms with E-state index < -0.39 is 0 Å². The second-order valence-corrected chi connectivity index (χ2v) is 5.11. The zero-order chi connectivity index (χ0) is 14.8. The molecule has 1 saturated heterocycles. The summed E-state index contributed by atoms with van der Waals surface area (Å²) in [5.74, 6) is -0.684. The number of nitrogens with zero attached hydrogens (tertiary/aromatic N) is 1. The van der Waals surface area contributed by atoms with Gasteiger partial charge in [-0.05, 0) is 35.4 Å². The van der Waals surface area contributed by atoms with E-state index in [2.05, 4.69) is 0 Å². The molecular formula is C16H12ClNO3. The Morgan fingerprint density at radius 3 is 1.81 bits per heavy atom. The van der Waals surface area contributed by atoms with Gasteiger partial charge in [-0.15, -0.1) is 0 Å². The molecule has 1 heterocycles. The van der Waals surface area contributed by atoms with Crippen LogP contribution >= 0.6 is 11.6 Å². The van der Waals surface area contributed by atoms with Crippen molar-refractivity contribution in [1.29, 1.82) is 0 Å². The van der Waals surface area contributed by atoms with Crippen molar-refractivity contribution in [2.75, 3.05) is 18.1 Å². The Morgan fingerprint density at radius 2 is 1.29 bits per heavy atom. The van der Waals surface area contributed by atoms with E-state index in [0.717, 1.165) is 16.0 Å². The first kappa shape index (κ1) is 13.8. The van der Waals surface area contributed by atoms with Crippen molar-refractivity contribution >= 4 is 29.1 Å². The highest BCUT2D eigenvalue weighted by molar-refractivity contribution is 6.30. The van der Waals surface area contributed by atoms with E-state index >= 15 is 0 Å². The maximum Gasteiger partial charge on any atom is 0.259 e. The largest absolute Gasteiger partial charge is 0.362 e. The molecule has 2 aromatic rings. The number of hydrogen-bond donors (Lipinski definition) is 0. The van der Waals surface area contributed by atoms with Crippen LogP contribution in [0.25, 0.3) is 11.1 Å². The third-order valence-corrected chi connectivity index (χ3v) is 3.50. The minimum atomic E-state index is -0.342. The maximum absolute atomic E-state index is 11.8. The van der Waals surface area contributed by atoms with Gasteiger partial charge >= 0.3 is 0 Å². The molecule has 0 aliphatic carbocycles. The van der Waals surface area contributed by atoms with Crippen LogP contribution in [0, 0.1) is 0 Å². The fourth-order valence-corrected chi connectivity index (χ4v) is 2.35. The Hall–Kier alpha value is -2.17. The predicted molar refractivity (Wildman–Crippen MR) is 80.2 cm³/mol. The summed E-state index contributed by atoms with van der Waals surface area (Å²) in [6, 6.07) is 14.7. The summed E-state index contributed by atoms with van der Waals surface area (Å²) in [6.45, 7) is -0.130. The average molecular weight is 302 g/mol. The lowest BCUT2D eigenvalue weighted by Gasteiger charge is -2.25. The fourth-order valence-electron chi connectivity index (χ4n) is 2.23. The van der Waals surface area contributed by atoms with Gasteiger partial charge in [0.05, 0.1) is 5.69 Å². The number of anilines is 1. The Kier molecular flexibility index (Phi) is 3.73. The lowest BCUT2D eigenvalue weighted by Crippen LogP contribution is -2.46. The van der Waals surface area contributed by atoms with E-state index in [1.807, 2.05) is 36.4 Å². The number of hydrogen-bond acceptors (Lipinski definition) is 3. The Balaban J connectivity index is 1.88. The SMILES string of the molecule is O=C1COCC(=O)N1c1ccc(-c2ccc(Cl)cc2)cc1. The molecule has 0 aromatic heterocycles. The standard InChI is InChI=1S/C16H12ClNO3/c17-13-5-1-11(2-6-13)12-3-7-14(8-4-12)18-15(19)9-21-10-16(18)20/h1-8H,9-10H2. The van der Waals surface area contributed by atoms with Gasteiger partial charge in [-0.1, -0.05) is 35.9 Å². The normalized spacial score (nSPS) is 15.4. The monoisotopic (exact) mass is 301 g/mol. The molecular weight excluding hydrogens is 290 g/mol. The summed E-state index contributed by atoms with van der Waals surface area (Å²) < 4.78 is 4.90. The third kappa shape index (κ3) is 2.82. The highest BCUT2D eigenvalue weighted by Crippen LogP contribution is 2.25. The number of benzene rings is 2. The molecule has 0 saturated carbocycles. The molecule has 0 radical (unpaired) electrons. The molecule has 2 aromatic carbocycles. The van der Waals surface area contributed by atoms with Gasteiger partial charge in [-0.2, -0.15) is 0 Å². The summed E-state index contributed by atoms with van der Waals surface area (Å²) in [7, 11) is 0. The molecule has 0 atom stereocenters. The van der Waals surface area contributed by atoms with Crippen LogP contribution in [0.3, 0.4) is 0 Å². The third-order valence-electron chi connectivity index (χ3n) is 3.25. The van der Waals surface area contributed by atoms with Crippen LogP contribution < -0.4 is 4.90 Å². The number of carbonyl (C=O) groups excluding carboxylic acids is 2. The number of rotatable bonds is 2. The van der Waals surface area contributed by atoms with Crippen molar-refractivity contribution in [3.05, 3.63) is 53.6 Å². The second kappa shape index (κ2) is 5.68. The van der Waals surface area contributed by atoms with Gasteiger partial charge < -0.3 is 4.74 Å². The van der Waals surface area contributed by atoms with E-state index in [4.69, 9.17) is 16.3 Å². The average Bonchev–Trinajstić information content (AvgIpc) is 2.49. The highest BCUT2D eigenvalue weighted by atomic mass is 35.5. The van der Waals surface area contributed by atoms with Gasteiger partial charge in [0.25, 0.3) is 11.8 Å². The summed E-state index contributed by atoms with van der Waals surface area (Å²) >= 11 is 5.86. The maximum atomic E-state index is 11.8. The summed E-state index contributed by atoms with van der Waals surface area (Å²) in [6.07, 6.45) is 0. The van der Waals surface area contributed by atoms with Crippen LogP contribution in [0.4, 0.5) is 5.69 Å². The Labute approximate surface area is 126 Å². The van der Waals surface area contributed by atoms with Gasteiger partial charge in [0.1, 0.15) is 13.2 Å². The number of amides is 2. The van der Waals surface area contributed by atoms with E-state index in [9.17, 15) is 9.59 Å². The fraction of sp³-hybridized carbons (Fsp3) is 0.125. The van der Waals surface area contributed by atoms with Crippen molar-refractivity contribution in [3.8, 4) is 11.1 Å². The molecule has 1 fully saturated rings. The lowest BCUT2D eigenvalue weighted by molar-refractivity contribution is -0.138. The first-order valence-electron chi connectivity index (χ1n) is 6.45. The van der Waals surface area contributed by atoms with Crippen molar-refractivity contribution in [3.63, 3.8) is 0 Å². The van der Waals surface area contributed by atoms with Crippen LogP contribution in [0.5, 0.6) is 0 Å². The van der Waals surface area contributed by atoms with Gasteiger partial charge in [0.2, 0.25) is 0 Å². The zero-order valence-electron chi connectivity index (χ0n) is 11.1. The molecule has 5 heteroatoms. The number of halogens is 1. The Morgan fingerprint density at radius 1 is 0.810 bits per heavy atom. The van der Waals surface area contributed by atoms with Crippen molar-refractivity contribution in [2.24, 2.45) is 0 Å². The minimum Gasteiger partial charge on any atom is -0.362 e. The summed E-state index contributed by atoms with van der Waals surface area (Å²) in [5, 5.41) is 0.680. The van der Waals surface area contributed by atoms with Crippen LogP contribution in [0.1, 0.15) is 0 Å². The molecule has 106 valence electrons. The molecule has 2 amide bonds. The number of morpholine rings is 1. The lowest BCUT2D eigenvalue weighted by atomic mass is 10.1. The van der Waals surface area contributed by atoms with Crippen LogP contribution in [0.2, 0.25) is 5.02 Å². The first-order chi connectivity index (χ1) is 10.1. The van der Waals surface area contributed by atoms with E-state index in [1.165, 1.54) is 0 Å². The zero-order valence-corrected chi connectivity index (χ0v) is 11.8. The van der Waals surface area contributed by atoms with Gasteiger partial charge in [0.15, 0.2) is 0 Å². The van der Waals surface area contributed by atoms with Gasteiger partial charge in [-0.3, -0.25) is 9.59 Å². The summed E-state index contributed by atoms with van der Waals surface area (Å²) in [5.41, 5.74) is 2.57. The minimum absolute atomic E-state index is 0.0648. The highest BCUT2D eigenvalue weighted by Gasteiger charge is 2.27. The molecule has 3 rings (SSSR count). The van der Waals surface area contributed by atoms with Gasteiger partial charge in [0, 0.05) is 5.02 Å². The van der Waals surface area contributed by atoms with Crippen LogP contribution in [-0.2, 0) is 14.3 Å². The second-order valence-electron chi connectivity index (χ2n) is 4.67. The molecule has 1 aliphatic rings. The number of carbonyl (C=O) groups is 2. The molecule has 21 heavy (non-hydrogen) atoms. The van der Waals surface area contributed by atoms with Crippen LogP contribution in [0.15, 0.2) is 48.5 Å². The van der Waals surface area contributed by atoms with Crippen molar-refractivity contribution < 1.29 is 14.3 Å². The van der Waals surface area contributed by atoms with Crippen LogP contribution in [-0.4, -0.2) is 25.0 Å². The predicted octanol–water partition coefficient (Wildman–Crippen LogP) is 2.90. The van der Waals surface area contributed by atoms with E-state index in [1.54, 1.807) is 12.1 Å². The Bertz CT molecular complexity index is 664. The smallest absolute Gasteiger partial charge is 0.259 e. The molecule has 0 bridgehead atoms. The summed E-state index contributed by atoms with van der Waals surface area (Å²) in [4.78, 5) is 24.7.